The van der Waals surface area contributed by atoms with Crippen LogP contribution in [0, 0.1) is 0 Å². The summed E-state index contributed by atoms with van der Waals surface area (Å²) in [4.78, 5) is 2.10. The van der Waals surface area contributed by atoms with Gasteiger partial charge in [-0.25, -0.2) is 0 Å². The second-order valence-electron chi connectivity index (χ2n) is 5.34. The van der Waals surface area contributed by atoms with Gasteiger partial charge in [-0.15, -0.1) is 0 Å². The lowest BCUT2D eigenvalue weighted by Gasteiger charge is -2.19. The van der Waals surface area contributed by atoms with Gasteiger partial charge in [0.25, 0.3) is 0 Å². The zero-order valence-corrected chi connectivity index (χ0v) is 14.0. The van der Waals surface area contributed by atoms with Gasteiger partial charge in [0.1, 0.15) is 23.0 Å². The minimum atomic E-state index is 0.234. The number of ether oxygens (including phenoxy) is 3. The van der Waals surface area contributed by atoms with Gasteiger partial charge >= 0.3 is 0 Å². The van der Waals surface area contributed by atoms with Crippen LogP contribution in [0.2, 0.25) is 0 Å². The summed E-state index contributed by atoms with van der Waals surface area (Å²) in [6.07, 6.45) is 0. The molecular formula is C18H23NO4. The Hall–Kier alpha value is -2.40. The van der Waals surface area contributed by atoms with E-state index in [-0.39, 0.29) is 5.75 Å². The Morgan fingerprint density at radius 3 is 1.96 bits per heavy atom. The summed E-state index contributed by atoms with van der Waals surface area (Å²) in [5.41, 5.74) is 1.91. The normalized spacial score (nSPS) is 10.7. The number of phenolic OH excluding ortho intramolecular Hbond substituents is 1. The van der Waals surface area contributed by atoms with Crippen molar-refractivity contribution in [2.24, 2.45) is 0 Å². The van der Waals surface area contributed by atoms with Gasteiger partial charge < -0.3 is 19.3 Å². The molecule has 5 heteroatoms. The lowest BCUT2D eigenvalue weighted by Crippen LogP contribution is -2.17. The molecule has 0 heterocycles. The van der Waals surface area contributed by atoms with Crippen LogP contribution >= 0.6 is 0 Å². The Labute approximate surface area is 137 Å². The molecule has 0 unspecified atom stereocenters. The minimum Gasteiger partial charge on any atom is -0.507 e. The van der Waals surface area contributed by atoms with Crippen LogP contribution in [-0.2, 0) is 13.1 Å². The van der Waals surface area contributed by atoms with Crippen molar-refractivity contribution in [1.82, 2.24) is 4.90 Å². The third-order valence-corrected chi connectivity index (χ3v) is 3.67. The van der Waals surface area contributed by atoms with E-state index in [2.05, 4.69) is 4.90 Å². The van der Waals surface area contributed by atoms with E-state index in [1.54, 1.807) is 27.4 Å². The highest BCUT2D eigenvalue weighted by molar-refractivity contribution is 5.41. The highest BCUT2D eigenvalue weighted by Crippen LogP contribution is 2.27. The number of rotatable bonds is 7. The fraction of sp³-hybridized carbons (Fsp3) is 0.333. The number of aromatic hydroxyl groups is 1. The highest BCUT2D eigenvalue weighted by Gasteiger charge is 2.11. The Morgan fingerprint density at radius 2 is 1.39 bits per heavy atom. The molecule has 124 valence electrons. The number of hydrogen-bond acceptors (Lipinski definition) is 5. The molecule has 0 amide bonds. The Morgan fingerprint density at radius 1 is 0.826 bits per heavy atom. The Kier molecular flexibility index (Phi) is 5.71. The zero-order chi connectivity index (χ0) is 16.8. The van der Waals surface area contributed by atoms with Gasteiger partial charge in [-0.05, 0) is 19.2 Å². The number of benzene rings is 2. The standard InChI is InChI=1S/C18H23NO4/c1-19(11-13-5-7-15(21-2)9-17(13)20)12-14-6-8-16(22-3)10-18(14)23-4/h5-10,20H,11-12H2,1-4H3. The molecule has 0 atom stereocenters. The van der Waals surface area contributed by atoms with E-state index in [4.69, 9.17) is 14.2 Å². The number of nitrogens with zero attached hydrogens (tertiary/aromatic N) is 1. The summed E-state index contributed by atoms with van der Waals surface area (Å²) in [5.74, 6) is 2.43. The summed E-state index contributed by atoms with van der Waals surface area (Å²) in [7, 11) is 6.85. The number of hydrogen-bond donors (Lipinski definition) is 1. The molecule has 0 radical (unpaired) electrons. The van der Waals surface area contributed by atoms with Crippen LogP contribution < -0.4 is 14.2 Å². The Bertz CT molecular complexity index is 657. The smallest absolute Gasteiger partial charge is 0.127 e. The summed E-state index contributed by atoms with van der Waals surface area (Å²) in [6, 6.07) is 11.1. The molecular weight excluding hydrogens is 294 g/mol. The van der Waals surface area contributed by atoms with Crippen molar-refractivity contribution in [3.05, 3.63) is 47.5 Å². The van der Waals surface area contributed by atoms with E-state index in [1.807, 2.05) is 37.4 Å². The van der Waals surface area contributed by atoms with Crippen molar-refractivity contribution in [2.75, 3.05) is 28.4 Å². The van der Waals surface area contributed by atoms with Crippen molar-refractivity contribution in [3.8, 4) is 23.0 Å². The van der Waals surface area contributed by atoms with Crippen molar-refractivity contribution in [2.45, 2.75) is 13.1 Å². The lowest BCUT2D eigenvalue weighted by atomic mass is 10.1. The molecule has 0 aromatic heterocycles. The maximum atomic E-state index is 10.1. The molecule has 2 aromatic carbocycles. The van der Waals surface area contributed by atoms with Gasteiger partial charge in [0.05, 0.1) is 21.3 Å². The third-order valence-electron chi connectivity index (χ3n) is 3.67. The predicted octanol–water partition coefficient (Wildman–Crippen LogP) is 3.05. The first-order valence-corrected chi connectivity index (χ1v) is 7.32. The molecule has 0 bridgehead atoms. The van der Waals surface area contributed by atoms with Crippen LogP contribution in [0.5, 0.6) is 23.0 Å². The van der Waals surface area contributed by atoms with Gasteiger partial charge in [0.2, 0.25) is 0 Å². The van der Waals surface area contributed by atoms with Gasteiger partial charge in [0.15, 0.2) is 0 Å². The molecule has 0 saturated heterocycles. The molecule has 0 aliphatic rings. The van der Waals surface area contributed by atoms with E-state index in [0.29, 0.717) is 18.8 Å². The minimum absolute atomic E-state index is 0.234. The molecule has 2 aromatic rings. The quantitative estimate of drug-likeness (QED) is 0.850. The van der Waals surface area contributed by atoms with Crippen LogP contribution in [0.1, 0.15) is 11.1 Å². The molecule has 23 heavy (non-hydrogen) atoms. The SMILES string of the molecule is COc1ccc(CN(C)Cc2ccc(OC)cc2OC)c(O)c1. The number of methoxy groups -OCH3 is 3. The summed E-state index contributed by atoms with van der Waals surface area (Å²) >= 11 is 0. The number of phenols is 1. The first-order valence-electron chi connectivity index (χ1n) is 7.32. The van der Waals surface area contributed by atoms with Crippen LogP contribution in [0.15, 0.2) is 36.4 Å². The van der Waals surface area contributed by atoms with Gasteiger partial charge in [-0.1, -0.05) is 12.1 Å². The van der Waals surface area contributed by atoms with Crippen LogP contribution in [0.4, 0.5) is 0 Å². The Balaban J connectivity index is 2.09. The largest absolute Gasteiger partial charge is 0.507 e. The molecule has 0 aliphatic carbocycles. The van der Waals surface area contributed by atoms with Crippen molar-refractivity contribution in [1.29, 1.82) is 0 Å². The van der Waals surface area contributed by atoms with Gasteiger partial charge in [-0.3, -0.25) is 4.90 Å². The van der Waals surface area contributed by atoms with E-state index in [9.17, 15) is 5.11 Å². The van der Waals surface area contributed by atoms with Crippen molar-refractivity contribution >= 4 is 0 Å². The first kappa shape index (κ1) is 17.0. The van der Waals surface area contributed by atoms with E-state index < -0.39 is 0 Å². The third kappa shape index (κ3) is 4.29. The molecule has 0 saturated carbocycles. The molecule has 0 spiro atoms. The fourth-order valence-electron chi connectivity index (χ4n) is 2.42. The van der Waals surface area contributed by atoms with Crippen molar-refractivity contribution < 1.29 is 19.3 Å². The van der Waals surface area contributed by atoms with Gasteiger partial charge in [0, 0.05) is 36.3 Å². The second-order valence-corrected chi connectivity index (χ2v) is 5.34. The highest BCUT2D eigenvalue weighted by atomic mass is 16.5. The maximum absolute atomic E-state index is 10.1. The molecule has 0 fully saturated rings. The molecule has 2 rings (SSSR count). The summed E-state index contributed by atoms with van der Waals surface area (Å²) < 4.78 is 15.7. The van der Waals surface area contributed by atoms with Crippen LogP contribution in [0.25, 0.3) is 0 Å². The summed E-state index contributed by atoms with van der Waals surface area (Å²) in [6.45, 7) is 1.31. The zero-order valence-electron chi connectivity index (χ0n) is 14.0. The van der Waals surface area contributed by atoms with E-state index in [1.165, 1.54) is 0 Å². The average Bonchev–Trinajstić information content (AvgIpc) is 2.57. The lowest BCUT2D eigenvalue weighted by molar-refractivity contribution is 0.303. The van der Waals surface area contributed by atoms with E-state index >= 15 is 0 Å². The summed E-state index contributed by atoms with van der Waals surface area (Å²) in [5, 5.41) is 10.1. The van der Waals surface area contributed by atoms with Crippen LogP contribution in [0.3, 0.4) is 0 Å². The van der Waals surface area contributed by atoms with E-state index in [0.717, 1.165) is 22.6 Å². The molecule has 1 N–H and O–H groups in total. The van der Waals surface area contributed by atoms with Crippen LogP contribution in [-0.4, -0.2) is 38.4 Å². The molecule has 0 aliphatic heterocycles. The monoisotopic (exact) mass is 317 g/mol. The topological polar surface area (TPSA) is 51.2 Å². The molecule has 5 nitrogen and oxygen atoms in total. The average molecular weight is 317 g/mol. The van der Waals surface area contributed by atoms with Crippen molar-refractivity contribution in [3.63, 3.8) is 0 Å². The fourth-order valence-corrected chi connectivity index (χ4v) is 2.42. The van der Waals surface area contributed by atoms with Gasteiger partial charge in [-0.2, -0.15) is 0 Å². The maximum Gasteiger partial charge on any atom is 0.127 e. The second kappa shape index (κ2) is 7.74. The predicted molar refractivity (Wildman–Crippen MR) is 89.4 cm³/mol. The first-order chi connectivity index (χ1) is 11.1.